The van der Waals surface area contributed by atoms with Crippen molar-refractivity contribution in [2.24, 2.45) is 0 Å². The Bertz CT molecular complexity index is 2850. The van der Waals surface area contributed by atoms with Crippen LogP contribution in [0.4, 0.5) is 0 Å². The molecule has 0 bridgehead atoms. The summed E-state index contributed by atoms with van der Waals surface area (Å²) < 4.78 is 6.32. The van der Waals surface area contributed by atoms with E-state index in [4.69, 9.17) is 4.42 Å². The number of rotatable bonds is 3. The van der Waals surface area contributed by atoms with Crippen molar-refractivity contribution >= 4 is 65.0 Å². The lowest BCUT2D eigenvalue weighted by Crippen LogP contribution is -1.86. The largest absolute Gasteiger partial charge is 0.456 e. The molecule has 1 heteroatoms. The van der Waals surface area contributed by atoms with Gasteiger partial charge in [0.05, 0.1) is 0 Å². The Morgan fingerprint density at radius 2 is 0.809 bits per heavy atom. The van der Waals surface area contributed by atoms with E-state index in [1.807, 2.05) is 0 Å². The maximum Gasteiger partial charge on any atom is 0.135 e. The van der Waals surface area contributed by atoms with Crippen molar-refractivity contribution in [2.45, 2.75) is 0 Å². The number of benzene rings is 9. The second-order valence-corrected chi connectivity index (χ2v) is 12.5. The van der Waals surface area contributed by atoms with Crippen LogP contribution in [0.15, 0.2) is 174 Å². The minimum absolute atomic E-state index is 0.907. The summed E-state index contributed by atoms with van der Waals surface area (Å²) in [6.07, 6.45) is 0. The average molecular weight is 597 g/mol. The van der Waals surface area contributed by atoms with Gasteiger partial charge in [0.2, 0.25) is 0 Å². The molecule has 0 aliphatic heterocycles. The fourth-order valence-corrected chi connectivity index (χ4v) is 7.49. The molecule has 0 atom stereocenters. The van der Waals surface area contributed by atoms with Gasteiger partial charge in [-0.1, -0.05) is 127 Å². The van der Waals surface area contributed by atoms with Gasteiger partial charge < -0.3 is 4.42 Å². The van der Waals surface area contributed by atoms with Crippen LogP contribution < -0.4 is 0 Å². The highest BCUT2D eigenvalue weighted by Crippen LogP contribution is 2.39. The molecule has 1 heterocycles. The molecule has 0 aliphatic carbocycles. The maximum absolute atomic E-state index is 6.32. The highest BCUT2D eigenvalue weighted by Gasteiger charge is 2.13. The zero-order valence-electron chi connectivity index (χ0n) is 25.6. The van der Waals surface area contributed by atoms with Crippen LogP contribution in [0.2, 0.25) is 0 Å². The molecule has 1 aromatic heterocycles. The minimum Gasteiger partial charge on any atom is -0.456 e. The lowest BCUT2D eigenvalue weighted by atomic mass is 9.91. The molecule has 218 valence electrons. The standard InChI is InChI=1S/C46H28O/c1-3-11-37-30(8-1)10-7-15-38(37)35-21-23-46-44(28-35)43-26-32(20-22-45(43)47-46)31-18-16-29-17-19-34(25-36(29)24-31)42-27-33-9-2-4-12-39(33)40-13-5-6-14-41(40)42/h1-28H. The van der Waals surface area contributed by atoms with Gasteiger partial charge in [-0.2, -0.15) is 0 Å². The van der Waals surface area contributed by atoms with Crippen LogP contribution in [0.1, 0.15) is 0 Å². The van der Waals surface area contributed by atoms with E-state index in [0.29, 0.717) is 0 Å². The molecule has 0 radical (unpaired) electrons. The monoisotopic (exact) mass is 596 g/mol. The second kappa shape index (κ2) is 10.2. The number of furan rings is 1. The van der Waals surface area contributed by atoms with Crippen LogP contribution in [0.25, 0.3) is 98.4 Å². The first kappa shape index (κ1) is 26.1. The number of hydrogen-bond donors (Lipinski definition) is 0. The summed E-state index contributed by atoms with van der Waals surface area (Å²) >= 11 is 0. The fourth-order valence-electron chi connectivity index (χ4n) is 7.49. The van der Waals surface area contributed by atoms with Crippen LogP contribution >= 0.6 is 0 Å². The van der Waals surface area contributed by atoms with E-state index in [2.05, 4.69) is 170 Å². The Labute approximate surface area is 271 Å². The van der Waals surface area contributed by atoms with Gasteiger partial charge in [-0.15, -0.1) is 0 Å². The third kappa shape index (κ3) is 4.17. The van der Waals surface area contributed by atoms with Crippen molar-refractivity contribution in [3.8, 4) is 33.4 Å². The molecule has 1 nitrogen and oxygen atoms in total. The third-order valence-corrected chi connectivity index (χ3v) is 9.82. The molecule has 0 spiro atoms. The van der Waals surface area contributed by atoms with Gasteiger partial charge >= 0.3 is 0 Å². The molecule has 10 rings (SSSR count). The second-order valence-electron chi connectivity index (χ2n) is 12.5. The van der Waals surface area contributed by atoms with Crippen molar-refractivity contribution in [3.63, 3.8) is 0 Å². The third-order valence-electron chi connectivity index (χ3n) is 9.82. The predicted octanol–water partition coefficient (Wildman–Crippen LogP) is 13.2. The summed E-state index contributed by atoms with van der Waals surface area (Å²) in [5, 5.41) is 12.4. The SMILES string of the molecule is c1ccc2c(-c3ccc4oc5ccc(-c6ccc7ccc(-c8cc9ccccc9c9ccccc89)cc7c6)cc5c4c3)cccc2c1. The van der Waals surface area contributed by atoms with E-state index in [0.717, 1.165) is 21.9 Å². The van der Waals surface area contributed by atoms with E-state index in [1.54, 1.807) is 0 Å². The molecular formula is C46H28O. The normalized spacial score (nSPS) is 11.8. The van der Waals surface area contributed by atoms with Crippen molar-refractivity contribution in [1.29, 1.82) is 0 Å². The van der Waals surface area contributed by atoms with Gasteiger partial charge in [0.25, 0.3) is 0 Å². The van der Waals surface area contributed by atoms with Gasteiger partial charge in [0, 0.05) is 10.8 Å². The first-order valence-corrected chi connectivity index (χ1v) is 16.2. The first-order valence-electron chi connectivity index (χ1n) is 16.2. The van der Waals surface area contributed by atoms with E-state index in [-0.39, 0.29) is 0 Å². The van der Waals surface area contributed by atoms with E-state index >= 15 is 0 Å². The van der Waals surface area contributed by atoms with Gasteiger partial charge in [0.1, 0.15) is 11.2 Å². The molecule has 0 saturated carbocycles. The van der Waals surface area contributed by atoms with Crippen LogP contribution in [0.3, 0.4) is 0 Å². The van der Waals surface area contributed by atoms with Crippen molar-refractivity contribution in [2.75, 3.05) is 0 Å². The summed E-state index contributed by atoms with van der Waals surface area (Å²) in [6.45, 7) is 0. The Balaban J connectivity index is 1.10. The van der Waals surface area contributed by atoms with Gasteiger partial charge in [-0.3, -0.25) is 0 Å². The number of hydrogen-bond acceptors (Lipinski definition) is 1. The minimum atomic E-state index is 0.907. The molecule has 10 aromatic rings. The molecule has 0 fully saturated rings. The Hall–Kier alpha value is -6.18. The van der Waals surface area contributed by atoms with E-state index in [9.17, 15) is 0 Å². The van der Waals surface area contributed by atoms with Gasteiger partial charge in [-0.05, 0) is 119 Å². The van der Waals surface area contributed by atoms with Crippen LogP contribution in [-0.2, 0) is 0 Å². The quantitative estimate of drug-likeness (QED) is 0.185. The van der Waals surface area contributed by atoms with Crippen LogP contribution in [-0.4, -0.2) is 0 Å². The Morgan fingerprint density at radius 3 is 1.64 bits per heavy atom. The zero-order chi connectivity index (χ0) is 30.9. The summed E-state index contributed by atoms with van der Waals surface area (Å²) in [7, 11) is 0. The molecule has 47 heavy (non-hydrogen) atoms. The van der Waals surface area contributed by atoms with Crippen molar-refractivity contribution in [3.05, 3.63) is 170 Å². The predicted molar refractivity (Wildman–Crippen MR) is 200 cm³/mol. The highest BCUT2D eigenvalue weighted by molar-refractivity contribution is 6.14. The molecule has 9 aromatic carbocycles. The lowest BCUT2D eigenvalue weighted by molar-refractivity contribution is 0.669. The topological polar surface area (TPSA) is 13.1 Å². The van der Waals surface area contributed by atoms with Gasteiger partial charge in [0.15, 0.2) is 0 Å². The summed E-state index contributed by atoms with van der Waals surface area (Å²) in [5.74, 6) is 0. The zero-order valence-corrected chi connectivity index (χ0v) is 25.6. The first-order chi connectivity index (χ1) is 23.3. The summed E-state index contributed by atoms with van der Waals surface area (Å²) in [4.78, 5) is 0. The molecular weight excluding hydrogens is 569 g/mol. The summed E-state index contributed by atoms with van der Waals surface area (Å²) in [6, 6.07) is 61.7. The number of fused-ring (bicyclic) bond motifs is 8. The molecule has 0 amide bonds. The Kier molecular flexibility index (Phi) is 5.64. The lowest BCUT2D eigenvalue weighted by Gasteiger charge is -2.12. The molecule has 0 unspecified atom stereocenters. The van der Waals surface area contributed by atoms with E-state index in [1.165, 1.54) is 76.5 Å². The van der Waals surface area contributed by atoms with Crippen molar-refractivity contribution in [1.82, 2.24) is 0 Å². The molecule has 0 saturated heterocycles. The van der Waals surface area contributed by atoms with Crippen LogP contribution in [0.5, 0.6) is 0 Å². The smallest absolute Gasteiger partial charge is 0.135 e. The maximum atomic E-state index is 6.32. The average Bonchev–Trinajstić information content (AvgIpc) is 3.51. The van der Waals surface area contributed by atoms with Crippen molar-refractivity contribution < 1.29 is 4.42 Å². The molecule has 0 aliphatic rings. The summed E-state index contributed by atoms with van der Waals surface area (Å²) in [5.41, 5.74) is 9.12. The molecule has 0 N–H and O–H groups in total. The fraction of sp³-hybridized carbons (Fsp3) is 0. The van der Waals surface area contributed by atoms with E-state index < -0.39 is 0 Å². The Morgan fingerprint density at radius 1 is 0.255 bits per heavy atom. The highest BCUT2D eigenvalue weighted by atomic mass is 16.3. The van der Waals surface area contributed by atoms with Crippen LogP contribution in [0, 0.1) is 0 Å². The van der Waals surface area contributed by atoms with Gasteiger partial charge in [-0.25, -0.2) is 0 Å².